The number of halogens is 4. The predicted molar refractivity (Wildman–Crippen MR) is 58.3 cm³/mol. The lowest BCUT2D eigenvalue weighted by molar-refractivity contribution is -0.141. The van der Waals surface area contributed by atoms with Crippen LogP contribution in [0, 0.1) is 6.92 Å². The van der Waals surface area contributed by atoms with Crippen LogP contribution in [0.2, 0.25) is 5.28 Å². The molecule has 0 aliphatic carbocycles. The highest BCUT2D eigenvalue weighted by molar-refractivity contribution is 6.28. The minimum absolute atomic E-state index is 0.0167. The summed E-state index contributed by atoms with van der Waals surface area (Å²) in [5.41, 5.74) is 5.13. The van der Waals surface area contributed by atoms with Gasteiger partial charge in [-0.3, -0.25) is 0 Å². The van der Waals surface area contributed by atoms with Gasteiger partial charge in [-0.2, -0.15) is 23.3 Å². The van der Waals surface area contributed by atoms with E-state index in [2.05, 4.69) is 15.1 Å². The van der Waals surface area contributed by atoms with Gasteiger partial charge in [0.15, 0.2) is 11.5 Å². The minimum Gasteiger partial charge on any atom is -0.394 e. The van der Waals surface area contributed by atoms with E-state index in [4.69, 9.17) is 17.3 Å². The monoisotopic (exact) mass is 277 g/mol. The van der Waals surface area contributed by atoms with Gasteiger partial charge in [0.25, 0.3) is 0 Å². The predicted octanol–water partition coefficient (Wildman–Crippen LogP) is 2.23. The number of anilines is 1. The summed E-state index contributed by atoms with van der Waals surface area (Å²) in [5, 5.41) is 3.25. The van der Waals surface area contributed by atoms with Gasteiger partial charge in [-0.15, -0.1) is 0 Å². The second-order valence-electron chi connectivity index (χ2n) is 3.46. The number of nitrogens with zero attached hydrogens (tertiary/aromatic N) is 4. The van der Waals surface area contributed by atoms with Crippen molar-refractivity contribution in [3.8, 4) is 5.82 Å². The molecule has 0 spiro atoms. The summed E-state index contributed by atoms with van der Waals surface area (Å²) >= 11 is 5.63. The Morgan fingerprint density at radius 1 is 1.33 bits per heavy atom. The van der Waals surface area contributed by atoms with Crippen LogP contribution >= 0.6 is 11.6 Å². The largest absolute Gasteiger partial charge is 0.435 e. The second-order valence-corrected chi connectivity index (χ2v) is 3.80. The summed E-state index contributed by atoms with van der Waals surface area (Å²) in [5.74, 6) is 0.0167. The van der Waals surface area contributed by atoms with Crippen LogP contribution in [-0.4, -0.2) is 19.7 Å². The zero-order valence-corrected chi connectivity index (χ0v) is 9.79. The Morgan fingerprint density at radius 2 is 2.00 bits per heavy atom. The number of rotatable bonds is 1. The Morgan fingerprint density at radius 3 is 2.56 bits per heavy atom. The van der Waals surface area contributed by atoms with E-state index in [9.17, 15) is 13.2 Å². The third kappa shape index (κ3) is 2.23. The van der Waals surface area contributed by atoms with E-state index in [-0.39, 0.29) is 16.8 Å². The first-order valence-corrected chi connectivity index (χ1v) is 5.09. The Kier molecular flexibility index (Phi) is 2.89. The quantitative estimate of drug-likeness (QED) is 0.812. The van der Waals surface area contributed by atoms with Crippen molar-refractivity contribution in [2.45, 2.75) is 13.1 Å². The van der Waals surface area contributed by atoms with Gasteiger partial charge in [0.1, 0.15) is 0 Å². The Labute approximate surface area is 104 Å². The molecule has 0 saturated carbocycles. The Balaban J connectivity index is 2.53. The zero-order valence-electron chi connectivity index (χ0n) is 9.03. The highest BCUT2D eigenvalue weighted by Gasteiger charge is 2.33. The average molecular weight is 278 g/mol. The van der Waals surface area contributed by atoms with E-state index in [0.29, 0.717) is 5.69 Å². The van der Waals surface area contributed by atoms with Gasteiger partial charge in [-0.05, 0) is 24.6 Å². The lowest BCUT2D eigenvalue weighted by Crippen LogP contribution is -2.10. The number of hydrogen-bond acceptors (Lipinski definition) is 4. The number of hydrogen-bond donors (Lipinski definition) is 1. The molecule has 2 N–H and O–H groups in total. The van der Waals surface area contributed by atoms with Crippen molar-refractivity contribution < 1.29 is 13.2 Å². The maximum absolute atomic E-state index is 12.4. The number of nitrogen functional groups attached to an aromatic ring is 1. The van der Waals surface area contributed by atoms with Crippen LogP contribution in [0.4, 0.5) is 18.9 Å². The van der Waals surface area contributed by atoms with Crippen molar-refractivity contribution in [1.82, 2.24) is 19.7 Å². The SMILES string of the molecule is Cc1nc(Cl)nc(-n2ccc(C(F)(F)F)n2)c1N. The van der Waals surface area contributed by atoms with Crippen LogP contribution in [0.3, 0.4) is 0 Å². The Bertz CT molecular complexity index is 592. The fourth-order valence-corrected chi connectivity index (χ4v) is 1.51. The van der Waals surface area contributed by atoms with Crippen molar-refractivity contribution in [2.75, 3.05) is 5.73 Å². The fraction of sp³-hybridized carbons (Fsp3) is 0.222. The molecule has 0 fully saturated rings. The van der Waals surface area contributed by atoms with Crippen molar-refractivity contribution in [2.24, 2.45) is 0 Å². The fourth-order valence-electron chi connectivity index (χ4n) is 1.30. The molecule has 0 aromatic carbocycles. The van der Waals surface area contributed by atoms with E-state index in [1.54, 1.807) is 6.92 Å². The van der Waals surface area contributed by atoms with Gasteiger partial charge in [0.05, 0.1) is 11.4 Å². The van der Waals surface area contributed by atoms with Crippen LogP contribution < -0.4 is 5.73 Å². The number of alkyl halides is 3. The molecule has 2 aromatic rings. The molecule has 0 unspecified atom stereocenters. The molecule has 2 heterocycles. The van der Waals surface area contributed by atoms with Gasteiger partial charge < -0.3 is 5.73 Å². The molecular weight excluding hydrogens is 271 g/mol. The molecule has 18 heavy (non-hydrogen) atoms. The normalized spacial score (nSPS) is 11.8. The van der Waals surface area contributed by atoms with Crippen molar-refractivity contribution in [3.63, 3.8) is 0 Å². The smallest absolute Gasteiger partial charge is 0.394 e. The first-order chi connectivity index (χ1) is 8.29. The number of aryl methyl sites for hydroxylation is 1. The molecule has 9 heteroatoms. The van der Waals surface area contributed by atoms with Crippen LogP contribution in [-0.2, 0) is 6.18 Å². The molecule has 0 aliphatic heterocycles. The standard InChI is InChI=1S/C9H7ClF3N5/c1-4-6(14)7(16-8(10)15-4)18-3-2-5(17-18)9(11,12)13/h2-3H,14H2,1H3. The zero-order chi connectivity index (χ0) is 13.5. The van der Waals surface area contributed by atoms with E-state index < -0.39 is 11.9 Å². The number of aromatic nitrogens is 4. The average Bonchev–Trinajstić information content (AvgIpc) is 2.71. The molecule has 5 nitrogen and oxygen atoms in total. The van der Waals surface area contributed by atoms with E-state index in [1.165, 1.54) is 0 Å². The summed E-state index contributed by atoms with van der Waals surface area (Å²) in [6, 6.07) is 0.824. The molecule has 0 radical (unpaired) electrons. The Hall–Kier alpha value is -1.83. The van der Waals surface area contributed by atoms with Gasteiger partial charge in [0.2, 0.25) is 5.28 Å². The number of nitrogens with two attached hydrogens (primary N) is 1. The maximum atomic E-state index is 12.4. The summed E-state index contributed by atoms with van der Waals surface area (Å²) in [7, 11) is 0. The molecule has 0 saturated heterocycles. The molecule has 0 atom stereocenters. The third-order valence-electron chi connectivity index (χ3n) is 2.19. The molecule has 96 valence electrons. The van der Waals surface area contributed by atoms with Crippen molar-refractivity contribution in [1.29, 1.82) is 0 Å². The maximum Gasteiger partial charge on any atom is 0.435 e. The van der Waals surface area contributed by atoms with E-state index in [0.717, 1.165) is 16.9 Å². The summed E-state index contributed by atoms with van der Waals surface area (Å²) in [6.07, 6.45) is -3.41. The lowest BCUT2D eigenvalue weighted by atomic mass is 10.3. The van der Waals surface area contributed by atoms with E-state index in [1.807, 2.05) is 0 Å². The van der Waals surface area contributed by atoms with Gasteiger partial charge in [0, 0.05) is 6.20 Å². The van der Waals surface area contributed by atoms with Gasteiger partial charge in [-0.25, -0.2) is 9.67 Å². The highest BCUT2D eigenvalue weighted by atomic mass is 35.5. The molecule has 2 rings (SSSR count). The van der Waals surface area contributed by atoms with Crippen molar-refractivity contribution >= 4 is 17.3 Å². The topological polar surface area (TPSA) is 69.6 Å². The summed E-state index contributed by atoms with van der Waals surface area (Å²) in [4.78, 5) is 7.54. The molecule has 0 aliphatic rings. The van der Waals surface area contributed by atoms with Crippen LogP contribution in [0.5, 0.6) is 0 Å². The van der Waals surface area contributed by atoms with Gasteiger partial charge in [-0.1, -0.05) is 0 Å². The first-order valence-electron chi connectivity index (χ1n) is 4.72. The summed E-state index contributed by atoms with van der Waals surface area (Å²) in [6.45, 7) is 1.57. The van der Waals surface area contributed by atoms with Gasteiger partial charge >= 0.3 is 6.18 Å². The molecule has 2 aromatic heterocycles. The van der Waals surface area contributed by atoms with Crippen molar-refractivity contribution in [3.05, 3.63) is 28.9 Å². The molecule has 0 amide bonds. The third-order valence-corrected chi connectivity index (χ3v) is 2.35. The lowest BCUT2D eigenvalue weighted by Gasteiger charge is -2.07. The molecular formula is C9H7ClF3N5. The molecule has 0 bridgehead atoms. The van der Waals surface area contributed by atoms with E-state index >= 15 is 0 Å². The van der Waals surface area contributed by atoms with Crippen LogP contribution in [0.15, 0.2) is 12.3 Å². The first kappa shape index (κ1) is 12.6. The van der Waals surface area contributed by atoms with Crippen LogP contribution in [0.1, 0.15) is 11.4 Å². The summed E-state index contributed by atoms with van der Waals surface area (Å²) < 4.78 is 38.1. The second kappa shape index (κ2) is 4.13. The highest BCUT2D eigenvalue weighted by Crippen LogP contribution is 2.28. The van der Waals surface area contributed by atoms with Crippen LogP contribution in [0.25, 0.3) is 5.82 Å². The minimum atomic E-state index is -4.52.